The highest BCUT2D eigenvalue weighted by molar-refractivity contribution is 5.80. The van der Waals surface area contributed by atoms with Gasteiger partial charge in [0.1, 0.15) is 24.0 Å². The lowest BCUT2D eigenvalue weighted by molar-refractivity contribution is 0.00794. The largest absolute Gasteiger partial charge is 0.470 e. The van der Waals surface area contributed by atoms with Gasteiger partial charge in [0.25, 0.3) is 0 Å². The highest BCUT2D eigenvalue weighted by Gasteiger charge is 2.48. The minimum Gasteiger partial charge on any atom is -0.470 e. The molecule has 0 bridgehead atoms. The Bertz CT molecular complexity index is 945. The average Bonchev–Trinajstić information content (AvgIpc) is 3.32. The van der Waals surface area contributed by atoms with Gasteiger partial charge in [-0.05, 0) is 0 Å². The van der Waals surface area contributed by atoms with E-state index < -0.39 is 11.9 Å². The summed E-state index contributed by atoms with van der Waals surface area (Å²) in [5.74, 6) is 0.0694. The molecule has 26 heavy (non-hydrogen) atoms. The van der Waals surface area contributed by atoms with E-state index in [-0.39, 0.29) is 24.9 Å². The Morgan fingerprint density at radius 1 is 1.12 bits per heavy atom. The zero-order valence-electron chi connectivity index (χ0n) is 13.8. The van der Waals surface area contributed by atoms with E-state index in [9.17, 15) is 9.50 Å². The van der Waals surface area contributed by atoms with Gasteiger partial charge in [0.15, 0.2) is 17.8 Å². The number of ether oxygens (including phenoxy) is 3. The fourth-order valence-electron chi connectivity index (χ4n) is 3.58. The fourth-order valence-corrected chi connectivity index (χ4v) is 3.58. The molecule has 4 atom stereocenters. The Balaban J connectivity index is 1.43. The van der Waals surface area contributed by atoms with Gasteiger partial charge in [0.2, 0.25) is 0 Å². The molecule has 2 aliphatic heterocycles. The first kappa shape index (κ1) is 15.7. The summed E-state index contributed by atoms with van der Waals surface area (Å²) in [6.45, 7) is 0.577. The van der Waals surface area contributed by atoms with Crippen molar-refractivity contribution in [1.82, 2.24) is 9.97 Å². The van der Waals surface area contributed by atoms with Crippen LogP contribution in [0.2, 0.25) is 0 Å². The molecule has 2 N–H and O–H groups in total. The van der Waals surface area contributed by atoms with Crippen LogP contribution in [0.1, 0.15) is 0 Å². The second-order valence-electron chi connectivity index (χ2n) is 6.57. The maximum Gasteiger partial charge on any atom is 0.193 e. The molecule has 7 heteroatoms. The number of fused-ring (bicyclic) bond motifs is 2. The van der Waals surface area contributed by atoms with Crippen LogP contribution in [0, 0.1) is 5.82 Å². The van der Waals surface area contributed by atoms with Crippen molar-refractivity contribution >= 4 is 11.0 Å². The molecule has 4 heterocycles. The van der Waals surface area contributed by atoms with Crippen LogP contribution in [0.3, 0.4) is 0 Å². The second-order valence-corrected chi connectivity index (χ2v) is 6.57. The summed E-state index contributed by atoms with van der Waals surface area (Å²) in [5.41, 5.74) is 2.19. The zero-order valence-corrected chi connectivity index (χ0v) is 13.8. The molecule has 5 rings (SSSR count). The molecule has 0 amide bonds. The molecule has 0 radical (unpaired) electrons. The Kier molecular flexibility index (Phi) is 3.66. The SMILES string of the molecule is OC1CO[C@@H]2C(Oc3cc4nc(-c5ccccc5)c(F)cc4[nH]3)CO[C@H]12. The second kappa shape index (κ2) is 6.05. The van der Waals surface area contributed by atoms with E-state index in [4.69, 9.17) is 14.2 Å². The summed E-state index contributed by atoms with van der Waals surface area (Å²) in [6.07, 6.45) is -1.62. The Morgan fingerprint density at radius 2 is 1.92 bits per heavy atom. The van der Waals surface area contributed by atoms with E-state index in [1.165, 1.54) is 6.07 Å². The van der Waals surface area contributed by atoms with Crippen molar-refractivity contribution in [3.05, 3.63) is 48.3 Å². The average molecular weight is 356 g/mol. The van der Waals surface area contributed by atoms with Crippen LogP contribution >= 0.6 is 0 Å². The molecule has 0 saturated carbocycles. The van der Waals surface area contributed by atoms with Crippen molar-refractivity contribution in [3.8, 4) is 17.1 Å². The predicted octanol–water partition coefficient (Wildman–Crippen LogP) is 2.27. The Labute approximate surface area is 148 Å². The number of aromatic nitrogens is 2. The first-order valence-corrected chi connectivity index (χ1v) is 8.51. The molecule has 2 aliphatic rings. The highest BCUT2D eigenvalue weighted by atomic mass is 19.1. The number of aliphatic hydroxyl groups excluding tert-OH is 1. The number of pyridine rings is 1. The van der Waals surface area contributed by atoms with Gasteiger partial charge in [0, 0.05) is 17.7 Å². The van der Waals surface area contributed by atoms with Gasteiger partial charge >= 0.3 is 0 Å². The van der Waals surface area contributed by atoms with Gasteiger partial charge in [0.05, 0.1) is 24.2 Å². The third-order valence-electron chi connectivity index (χ3n) is 4.84. The van der Waals surface area contributed by atoms with Crippen molar-refractivity contribution < 1.29 is 23.7 Å². The topological polar surface area (TPSA) is 76.6 Å². The number of aromatic amines is 1. The summed E-state index contributed by atoms with van der Waals surface area (Å²) >= 11 is 0. The Hall–Kier alpha value is -2.48. The summed E-state index contributed by atoms with van der Waals surface area (Å²) < 4.78 is 31.5. The molecule has 2 saturated heterocycles. The Morgan fingerprint density at radius 3 is 2.77 bits per heavy atom. The number of nitrogens with zero attached hydrogens (tertiary/aromatic N) is 1. The minimum absolute atomic E-state index is 0.245. The van der Waals surface area contributed by atoms with E-state index in [2.05, 4.69) is 9.97 Å². The number of H-pyrrole nitrogens is 1. The van der Waals surface area contributed by atoms with Crippen molar-refractivity contribution in [3.63, 3.8) is 0 Å². The van der Waals surface area contributed by atoms with Crippen molar-refractivity contribution in [2.24, 2.45) is 0 Å². The molecular weight excluding hydrogens is 339 g/mol. The lowest BCUT2D eigenvalue weighted by Gasteiger charge is -2.16. The summed E-state index contributed by atoms with van der Waals surface area (Å²) in [4.78, 5) is 7.46. The number of rotatable bonds is 3. The van der Waals surface area contributed by atoms with Crippen LogP contribution in [-0.2, 0) is 9.47 Å². The maximum atomic E-state index is 14.4. The molecule has 2 unspecified atom stereocenters. The number of hydrogen-bond donors (Lipinski definition) is 2. The van der Waals surface area contributed by atoms with Crippen LogP contribution in [0.4, 0.5) is 4.39 Å². The summed E-state index contributed by atoms with van der Waals surface area (Å²) in [6, 6.07) is 12.4. The van der Waals surface area contributed by atoms with Gasteiger partial charge in [-0.2, -0.15) is 0 Å². The van der Waals surface area contributed by atoms with Gasteiger partial charge in [-0.15, -0.1) is 0 Å². The number of hydrogen-bond acceptors (Lipinski definition) is 5. The maximum absolute atomic E-state index is 14.4. The van der Waals surface area contributed by atoms with Crippen LogP contribution in [0.5, 0.6) is 5.88 Å². The third kappa shape index (κ3) is 2.56. The monoisotopic (exact) mass is 356 g/mol. The summed E-state index contributed by atoms with van der Waals surface area (Å²) in [7, 11) is 0. The van der Waals surface area contributed by atoms with Crippen molar-refractivity contribution in [2.45, 2.75) is 24.4 Å². The number of benzene rings is 1. The van der Waals surface area contributed by atoms with Crippen LogP contribution in [-0.4, -0.2) is 52.7 Å². The molecule has 0 spiro atoms. The molecule has 1 aromatic carbocycles. The van der Waals surface area contributed by atoms with Crippen LogP contribution in [0.25, 0.3) is 22.3 Å². The lowest BCUT2D eigenvalue weighted by atomic mass is 10.1. The molecule has 2 fully saturated rings. The zero-order chi connectivity index (χ0) is 17.7. The number of nitrogens with one attached hydrogen (secondary N) is 1. The normalized spacial score (nSPS) is 27.8. The smallest absolute Gasteiger partial charge is 0.193 e. The molecule has 6 nitrogen and oxygen atoms in total. The number of halogens is 1. The number of aliphatic hydroxyl groups is 1. The van der Waals surface area contributed by atoms with Crippen LogP contribution < -0.4 is 4.74 Å². The van der Waals surface area contributed by atoms with E-state index in [1.54, 1.807) is 6.07 Å². The van der Waals surface area contributed by atoms with E-state index >= 15 is 0 Å². The minimum atomic E-state index is -0.625. The van der Waals surface area contributed by atoms with Gasteiger partial charge < -0.3 is 24.3 Å². The first-order valence-electron chi connectivity index (χ1n) is 8.51. The van der Waals surface area contributed by atoms with E-state index in [0.717, 1.165) is 5.56 Å². The first-order chi connectivity index (χ1) is 12.7. The van der Waals surface area contributed by atoms with Crippen molar-refractivity contribution in [1.29, 1.82) is 0 Å². The molecular formula is C19H17FN2O4. The predicted molar refractivity (Wildman–Crippen MR) is 91.4 cm³/mol. The van der Waals surface area contributed by atoms with E-state index in [1.807, 2.05) is 30.3 Å². The van der Waals surface area contributed by atoms with E-state index in [0.29, 0.717) is 29.2 Å². The van der Waals surface area contributed by atoms with Gasteiger partial charge in [-0.3, -0.25) is 0 Å². The standard InChI is InChI=1S/C19H17FN2O4/c20-11-6-12-13(22-17(11)10-4-2-1-3-5-10)7-16(21-12)26-15-9-25-18-14(23)8-24-19(15)18/h1-7,14-15,18-19,21,23H,8-9H2/t14?,15?,18-,19-/m1/s1. The molecule has 134 valence electrons. The van der Waals surface area contributed by atoms with Gasteiger partial charge in [-0.1, -0.05) is 30.3 Å². The molecule has 0 aliphatic carbocycles. The fraction of sp³-hybridized carbons (Fsp3) is 0.316. The molecule has 2 aromatic heterocycles. The third-order valence-corrected chi connectivity index (χ3v) is 4.84. The lowest BCUT2D eigenvalue weighted by Crippen LogP contribution is -2.34. The summed E-state index contributed by atoms with van der Waals surface area (Å²) in [5, 5.41) is 9.80. The quantitative estimate of drug-likeness (QED) is 0.753. The van der Waals surface area contributed by atoms with Crippen molar-refractivity contribution in [2.75, 3.05) is 13.2 Å². The molecule has 3 aromatic rings. The van der Waals surface area contributed by atoms with Crippen LogP contribution in [0.15, 0.2) is 42.5 Å². The highest BCUT2D eigenvalue weighted by Crippen LogP contribution is 2.31. The van der Waals surface area contributed by atoms with Gasteiger partial charge in [-0.25, -0.2) is 9.37 Å².